The van der Waals surface area contributed by atoms with Crippen LogP contribution in [0.25, 0.3) is 0 Å². The zero-order chi connectivity index (χ0) is 17.8. The number of hydrogen-bond acceptors (Lipinski definition) is 2. The molecule has 23 heavy (non-hydrogen) atoms. The predicted molar refractivity (Wildman–Crippen MR) is 68.5 cm³/mol. The van der Waals surface area contributed by atoms with Crippen molar-refractivity contribution in [2.75, 3.05) is 6.61 Å². The van der Waals surface area contributed by atoms with Gasteiger partial charge >= 0.3 is 18.4 Å². The molecule has 0 aliphatic heterocycles. The van der Waals surface area contributed by atoms with E-state index in [-0.39, 0.29) is 0 Å². The van der Waals surface area contributed by atoms with Crippen LogP contribution in [0.15, 0.2) is 24.3 Å². The van der Waals surface area contributed by atoms with Crippen molar-refractivity contribution in [3.05, 3.63) is 35.4 Å². The van der Waals surface area contributed by atoms with Gasteiger partial charge in [-0.05, 0) is 18.6 Å². The van der Waals surface area contributed by atoms with E-state index in [1.807, 2.05) is 5.32 Å². The lowest BCUT2D eigenvalue weighted by Crippen LogP contribution is -2.47. The maximum atomic E-state index is 13.1. The second-order valence-corrected chi connectivity index (χ2v) is 4.76. The van der Waals surface area contributed by atoms with Crippen molar-refractivity contribution >= 4 is 6.03 Å². The van der Waals surface area contributed by atoms with E-state index >= 15 is 0 Å². The van der Waals surface area contributed by atoms with E-state index in [1.54, 1.807) is 0 Å². The molecular weight excluding hydrogens is 330 g/mol. The number of carbonyl (C=O) groups is 1. The quantitative estimate of drug-likeness (QED) is 0.736. The Hall–Kier alpha value is -1.97. The van der Waals surface area contributed by atoms with Gasteiger partial charge in [0.15, 0.2) is 6.04 Å². The van der Waals surface area contributed by atoms with Gasteiger partial charge in [0.2, 0.25) is 0 Å². The molecule has 0 saturated carbocycles. The van der Waals surface area contributed by atoms with Gasteiger partial charge in [-0.1, -0.05) is 18.2 Å². The van der Waals surface area contributed by atoms with E-state index in [0.717, 1.165) is 12.1 Å². The third-order valence-electron chi connectivity index (χ3n) is 2.83. The van der Waals surface area contributed by atoms with E-state index in [0.29, 0.717) is 12.1 Å². The van der Waals surface area contributed by atoms with Crippen LogP contribution in [-0.4, -0.2) is 30.0 Å². The number of rotatable bonds is 4. The van der Waals surface area contributed by atoms with Crippen molar-refractivity contribution in [3.63, 3.8) is 0 Å². The van der Waals surface area contributed by atoms with Crippen LogP contribution in [0.5, 0.6) is 0 Å². The first-order chi connectivity index (χ1) is 10.5. The fourth-order valence-corrected chi connectivity index (χ4v) is 1.78. The first kappa shape index (κ1) is 19.1. The van der Waals surface area contributed by atoms with Crippen molar-refractivity contribution in [1.82, 2.24) is 10.6 Å². The molecule has 0 saturated heterocycles. The van der Waals surface area contributed by atoms with Crippen molar-refractivity contribution in [2.45, 2.75) is 31.4 Å². The number of nitrogens with one attached hydrogen (secondary N) is 2. The molecule has 0 heterocycles. The fraction of sp³-hybridized carbons (Fsp3) is 0.462. The van der Waals surface area contributed by atoms with E-state index in [1.165, 1.54) is 12.2 Å². The highest BCUT2D eigenvalue weighted by molar-refractivity contribution is 5.75. The summed E-state index contributed by atoms with van der Waals surface area (Å²) in [5.41, 5.74) is -2.60. The summed E-state index contributed by atoms with van der Waals surface area (Å²) in [6, 6.07) is -1.92. The van der Waals surface area contributed by atoms with Crippen LogP contribution >= 0.6 is 0 Å². The Balaban J connectivity index is 3.17. The Morgan fingerprint density at radius 1 is 1.13 bits per heavy atom. The highest BCUT2D eigenvalue weighted by atomic mass is 19.4. The maximum Gasteiger partial charge on any atom is 0.416 e. The van der Waals surface area contributed by atoms with E-state index in [9.17, 15) is 31.1 Å². The third-order valence-corrected chi connectivity index (χ3v) is 2.83. The standard InChI is InChI=1S/C13H14F6N2O2/c1-7(6-22)20-11(23)21-10(13(17,18)19)8-4-2-3-5-9(8)12(14,15)16/h2-5,7,10,22H,6H2,1H3,(H2,20,21,23). The number of aliphatic hydroxyl groups excluding tert-OH is 1. The van der Waals surface area contributed by atoms with Gasteiger partial charge in [0.05, 0.1) is 18.2 Å². The zero-order valence-corrected chi connectivity index (χ0v) is 11.8. The molecule has 3 N–H and O–H groups in total. The minimum Gasteiger partial charge on any atom is -0.394 e. The minimum atomic E-state index is -5.14. The van der Waals surface area contributed by atoms with Gasteiger partial charge in [-0.25, -0.2) is 4.79 Å². The molecule has 0 aliphatic rings. The van der Waals surface area contributed by atoms with Gasteiger partial charge in [-0.2, -0.15) is 26.3 Å². The van der Waals surface area contributed by atoms with Crippen LogP contribution in [0.4, 0.5) is 31.1 Å². The van der Waals surface area contributed by atoms with Gasteiger partial charge in [-0.15, -0.1) is 0 Å². The summed E-state index contributed by atoms with van der Waals surface area (Å²) in [5, 5.41) is 12.2. The molecule has 2 atom stereocenters. The Labute approximate surface area is 127 Å². The molecule has 0 aliphatic carbocycles. The lowest BCUT2D eigenvalue weighted by molar-refractivity contribution is -0.160. The van der Waals surface area contributed by atoms with Gasteiger partial charge in [0, 0.05) is 0 Å². The van der Waals surface area contributed by atoms with Crippen LogP contribution in [0.1, 0.15) is 24.1 Å². The maximum absolute atomic E-state index is 13.1. The Morgan fingerprint density at radius 3 is 2.17 bits per heavy atom. The van der Waals surface area contributed by atoms with Crippen molar-refractivity contribution in [1.29, 1.82) is 0 Å². The smallest absolute Gasteiger partial charge is 0.394 e. The summed E-state index contributed by atoms with van der Waals surface area (Å²) < 4.78 is 77.9. The van der Waals surface area contributed by atoms with Crippen molar-refractivity contribution < 1.29 is 36.2 Å². The van der Waals surface area contributed by atoms with E-state index in [4.69, 9.17) is 5.11 Å². The summed E-state index contributed by atoms with van der Waals surface area (Å²) in [6.07, 6.45) is -10.1. The Kier molecular flexibility index (Phi) is 5.86. The van der Waals surface area contributed by atoms with E-state index < -0.39 is 48.2 Å². The fourth-order valence-electron chi connectivity index (χ4n) is 1.78. The molecule has 10 heteroatoms. The third kappa shape index (κ3) is 5.31. The molecule has 1 aromatic carbocycles. The Morgan fingerprint density at radius 2 is 1.70 bits per heavy atom. The molecule has 0 radical (unpaired) electrons. The lowest BCUT2D eigenvalue weighted by Gasteiger charge is -2.25. The van der Waals surface area contributed by atoms with Crippen LogP contribution in [-0.2, 0) is 6.18 Å². The normalized spacial score (nSPS) is 15.0. The highest BCUT2D eigenvalue weighted by Gasteiger charge is 2.46. The summed E-state index contributed by atoms with van der Waals surface area (Å²) in [6.45, 7) is 0.773. The number of benzene rings is 1. The topological polar surface area (TPSA) is 61.4 Å². The number of amides is 2. The van der Waals surface area contributed by atoms with Crippen molar-refractivity contribution in [3.8, 4) is 0 Å². The molecule has 1 rings (SSSR count). The van der Waals surface area contributed by atoms with Crippen LogP contribution in [0.3, 0.4) is 0 Å². The van der Waals surface area contributed by atoms with Gasteiger partial charge in [0.25, 0.3) is 0 Å². The molecule has 0 fully saturated rings. The summed E-state index contributed by atoms with van der Waals surface area (Å²) in [5.74, 6) is 0. The number of alkyl halides is 6. The number of urea groups is 1. The zero-order valence-electron chi connectivity index (χ0n) is 11.8. The molecule has 4 nitrogen and oxygen atoms in total. The van der Waals surface area contributed by atoms with Gasteiger partial charge in [-0.3, -0.25) is 0 Å². The van der Waals surface area contributed by atoms with E-state index in [2.05, 4.69) is 0 Å². The predicted octanol–water partition coefficient (Wildman–Crippen LogP) is 2.99. The molecule has 130 valence electrons. The summed E-state index contributed by atoms with van der Waals surface area (Å²) >= 11 is 0. The second-order valence-electron chi connectivity index (χ2n) is 4.76. The molecule has 2 amide bonds. The second kappa shape index (κ2) is 7.07. The highest BCUT2D eigenvalue weighted by Crippen LogP contribution is 2.40. The average Bonchev–Trinajstić information content (AvgIpc) is 2.42. The summed E-state index contributed by atoms with van der Waals surface area (Å²) in [4.78, 5) is 11.5. The van der Waals surface area contributed by atoms with Crippen molar-refractivity contribution in [2.24, 2.45) is 0 Å². The minimum absolute atomic E-state index is 0.504. The molecule has 0 aromatic heterocycles. The SMILES string of the molecule is CC(CO)NC(=O)NC(c1ccccc1C(F)(F)F)C(F)(F)F. The first-order valence-corrected chi connectivity index (χ1v) is 6.37. The lowest BCUT2D eigenvalue weighted by atomic mass is 9.99. The van der Waals surface area contributed by atoms with Gasteiger partial charge in [0.1, 0.15) is 0 Å². The molecule has 1 aromatic rings. The first-order valence-electron chi connectivity index (χ1n) is 6.37. The molecule has 2 unspecified atom stereocenters. The Bertz CT molecular complexity index is 544. The number of carbonyl (C=O) groups excluding carboxylic acids is 1. The molecular formula is C13H14F6N2O2. The average molecular weight is 344 g/mol. The largest absolute Gasteiger partial charge is 0.416 e. The van der Waals surface area contributed by atoms with Gasteiger partial charge < -0.3 is 15.7 Å². The number of hydrogen-bond donors (Lipinski definition) is 3. The van der Waals surface area contributed by atoms with Crippen LogP contribution in [0, 0.1) is 0 Å². The summed E-state index contributed by atoms with van der Waals surface area (Å²) in [7, 11) is 0. The monoisotopic (exact) mass is 344 g/mol. The molecule has 0 spiro atoms. The number of halogens is 6. The van der Waals surface area contributed by atoms with Crippen LogP contribution in [0.2, 0.25) is 0 Å². The van der Waals surface area contributed by atoms with Crippen LogP contribution < -0.4 is 10.6 Å². The number of aliphatic hydroxyl groups is 1. The molecule has 0 bridgehead atoms.